The van der Waals surface area contributed by atoms with Gasteiger partial charge in [0.25, 0.3) is 0 Å². The monoisotopic (exact) mass is 327 g/mol. The number of methoxy groups -OCH3 is 1. The Morgan fingerprint density at radius 1 is 1.33 bits per heavy atom. The fraction of sp³-hybridized carbons (Fsp3) is 0.389. The summed E-state index contributed by atoms with van der Waals surface area (Å²) < 4.78 is 6.80. The van der Waals surface area contributed by atoms with Crippen LogP contribution in [-0.4, -0.2) is 35.5 Å². The Bertz CT molecular complexity index is 792. The van der Waals surface area contributed by atoms with E-state index in [-0.39, 0.29) is 11.5 Å². The van der Waals surface area contributed by atoms with Crippen molar-refractivity contribution < 1.29 is 14.4 Å². The molecule has 6 nitrogen and oxygen atoms in total. The molecule has 0 fully saturated rings. The van der Waals surface area contributed by atoms with Gasteiger partial charge >= 0.3 is 5.97 Å². The summed E-state index contributed by atoms with van der Waals surface area (Å²) in [5.74, 6) is -0.392. The molecule has 0 amide bonds. The summed E-state index contributed by atoms with van der Waals surface area (Å²) in [6, 6.07) is 8.01. The fourth-order valence-electron chi connectivity index (χ4n) is 3.53. The number of imidazole rings is 1. The Morgan fingerprint density at radius 2 is 2.08 bits per heavy atom. The summed E-state index contributed by atoms with van der Waals surface area (Å²) in [6.07, 6.45) is 3.96. The number of hydrogen-bond donors (Lipinski definition) is 0. The highest BCUT2D eigenvalue weighted by Crippen LogP contribution is 2.46. The molecule has 2 aromatic rings. The molecule has 0 bridgehead atoms. The third-order valence-corrected chi connectivity index (χ3v) is 4.47. The average Bonchev–Trinajstić information content (AvgIpc) is 3.02. The molecule has 0 aliphatic heterocycles. The molecule has 0 N–H and O–H groups in total. The zero-order valence-electron chi connectivity index (χ0n) is 14.3. The van der Waals surface area contributed by atoms with Crippen LogP contribution in [0.4, 0.5) is 0 Å². The van der Waals surface area contributed by atoms with E-state index in [1.807, 2.05) is 22.8 Å². The standard InChI is InChI=1S/C18H21N3O3/c1-18(2)9-14(20-24-4)12-7-5-6-8-13(12)16(18)21-11-19-10-15(21)17(22)23-3/h5-8,10-11,16H,9H2,1-4H3/b20-14+/t16-/m1/s1. The van der Waals surface area contributed by atoms with Crippen LogP contribution in [0.25, 0.3) is 0 Å². The maximum atomic E-state index is 12.1. The van der Waals surface area contributed by atoms with Crippen LogP contribution in [0, 0.1) is 5.41 Å². The Morgan fingerprint density at radius 3 is 2.79 bits per heavy atom. The number of hydrogen-bond acceptors (Lipinski definition) is 5. The molecule has 1 aliphatic rings. The second kappa shape index (κ2) is 6.11. The minimum atomic E-state index is -0.392. The molecule has 1 heterocycles. The van der Waals surface area contributed by atoms with E-state index in [9.17, 15) is 4.79 Å². The molecule has 0 unspecified atom stereocenters. The Hall–Kier alpha value is -2.63. The summed E-state index contributed by atoms with van der Waals surface area (Å²) in [6.45, 7) is 4.31. The van der Waals surface area contributed by atoms with Gasteiger partial charge in [-0.05, 0) is 11.0 Å². The number of oxime groups is 1. The second-order valence-corrected chi connectivity index (χ2v) is 6.55. The lowest BCUT2D eigenvalue weighted by molar-refractivity contribution is 0.0582. The first kappa shape index (κ1) is 16.2. The normalized spacial score (nSPS) is 20.5. The SMILES string of the molecule is CO/N=C1\CC(C)(C)[C@H](n2cncc2C(=O)OC)c2ccccc21. The highest BCUT2D eigenvalue weighted by Gasteiger charge is 2.41. The second-order valence-electron chi connectivity index (χ2n) is 6.55. The van der Waals surface area contributed by atoms with Crippen LogP contribution in [0.15, 0.2) is 41.9 Å². The van der Waals surface area contributed by atoms with E-state index in [1.165, 1.54) is 7.11 Å². The van der Waals surface area contributed by atoms with Crippen molar-refractivity contribution in [2.45, 2.75) is 26.3 Å². The number of aromatic nitrogens is 2. The molecule has 1 aromatic heterocycles. The van der Waals surface area contributed by atoms with Crippen LogP contribution in [0.2, 0.25) is 0 Å². The predicted octanol–water partition coefficient (Wildman–Crippen LogP) is 3.04. The van der Waals surface area contributed by atoms with Crippen molar-refractivity contribution in [3.63, 3.8) is 0 Å². The highest BCUT2D eigenvalue weighted by atomic mass is 16.6. The van der Waals surface area contributed by atoms with Crippen LogP contribution in [-0.2, 0) is 9.57 Å². The molecule has 0 saturated carbocycles. The smallest absolute Gasteiger partial charge is 0.356 e. The first-order chi connectivity index (χ1) is 11.5. The van der Waals surface area contributed by atoms with Gasteiger partial charge in [-0.1, -0.05) is 43.3 Å². The van der Waals surface area contributed by atoms with E-state index in [0.717, 1.165) is 23.3 Å². The first-order valence-electron chi connectivity index (χ1n) is 7.79. The van der Waals surface area contributed by atoms with E-state index in [4.69, 9.17) is 9.57 Å². The summed E-state index contributed by atoms with van der Waals surface area (Å²) in [4.78, 5) is 21.3. The third-order valence-electron chi connectivity index (χ3n) is 4.47. The van der Waals surface area contributed by atoms with Crippen LogP contribution in [0.3, 0.4) is 0 Å². The maximum absolute atomic E-state index is 12.1. The molecule has 0 saturated heterocycles. The first-order valence-corrected chi connectivity index (χ1v) is 7.79. The predicted molar refractivity (Wildman–Crippen MR) is 90.1 cm³/mol. The minimum absolute atomic E-state index is 0.0545. The number of carbonyl (C=O) groups is 1. The zero-order valence-corrected chi connectivity index (χ0v) is 14.3. The number of benzene rings is 1. The van der Waals surface area contributed by atoms with E-state index < -0.39 is 5.97 Å². The number of fused-ring (bicyclic) bond motifs is 1. The molecule has 1 aromatic carbocycles. The molecular formula is C18H21N3O3. The van der Waals surface area contributed by atoms with Gasteiger partial charge in [-0.3, -0.25) is 0 Å². The lowest BCUT2D eigenvalue weighted by Crippen LogP contribution is -2.37. The molecule has 6 heteroatoms. The Balaban J connectivity index is 2.20. The molecule has 1 aliphatic carbocycles. The van der Waals surface area contributed by atoms with Gasteiger partial charge in [-0.2, -0.15) is 0 Å². The van der Waals surface area contributed by atoms with Gasteiger partial charge in [0.15, 0.2) is 0 Å². The lowest BCUT2D eigenvalue weighted by Gasteiger charge is -2.41. The fourth-order valence-corrected chi connectivity index (χ4v) is 3.53. The Labute approximate surface area is 141 Å². The molecule has 3 rings (SSSR count). The van der Waals surface area contributed by atoms with Crippen LogP contribution in [0.5, 0.6) is 0 Å². The topological polar surface area (TPSA) is 65.7 Å². The van der Waals surface area contributed by atoms with E-state index in [0.29, 0.717) is 5.69 Å². The number of rotatable bonds is 3. The molecule has 126 valence electrons. The quantitative estimate of drug-likeness (QED) is 0.642. The number of carbonyl (C=O) groups excluding carboxylic acids is 1. The summed E-state index contributed by atoms with van der Waals surface area (Å²) in [5, 5.41) is 4.21. The maximum Gasteiger partial charge on any atom is 0.356 e. The number of ether oxygens (including phenoxy) is 1. The third kappa shape index (κ3) is 2.58. The van der Waals surface area contributed by atoms with Crippen molar-refractivity contribution >= 4 is 11.7 Å². The zero-order chi connectivity index (χ0) is 17.3. The summed E-state index contributed by atoms with van der Waals surface area (Å²) in [7, 11) is 2.93. The molecule has 24 heavy (non-hydrogen) atoms. The van der Waals surface area contributed by atoms with E-state index in [1.54, 1.807) is 19.6 Å². The van der Waals surface area contributed by atoms with Crippen LogP contribution < -0.4 is 0 Å². The largest absolute Gasteiger partial charge is 0.464 e. The lowest BCUT2D eigenvalue weighted by atomic mass is 9.69. The van der Waals surface area contributed by atoms with Gasteiger partial charge in [-0.25, -0.2) is 9.78 Å². The molecule has 0 spiro atoms. The summed E-state index contributed by atoms with van der Waals surface area (Å²) in [5.41, 5.74) is 3.29. The van der Waals surface area contributed by atoms with Gasteiger partial charge in [0, 0.05) is 12.0 Å². The van der Waals surface area contributed by atoms with Crippen molar-refractivity contribution in [1.29, 1.82) is 0 Å². The van der Waals surface area contributed by atoms with Gasteiger partial charge in [0.05, 0.1) is 31.4 Å². The van der Waals surface area contributed by atoms with Gasteiger partial charge in [0.1, 0.15) is 12.8 Å². The average molecular weight is 327 g/mol. The highest BCUT2D eigenvalue weighted by molar-refractivity contribution is 6.03. The van der Waals surface area contributed by atoms with Gasteiger partial charge < -0.3 is 14.1 Å². The van der Waals surface area contributed by atoms with E-state index >= 15 is 0 Å². The summed E-state index contributed by atoms with van der Waals surface area (Å²) >= 11 is 0. The molecule has 0 radical (unpaired) electrons. The van der Waals surface area contributed by atoms with Gasteiger partial charge in [-0.15, -0.1) is 0 Å². The molecular weight excluding hydrogens is 306 g/mol. The Kier molecular flexibility index (Phi) is 4.13. The van der Waals surface area contributed by atoms with Crippen LogP contribution in [0.1, 0.15) is 47.9 Å². The van der Waals surface area contributed by atoms with Crippen molar-refractivity contribution in [3.05, 3.63) is 53.6 Å². The number of nitrogens with zero attached hydrogens (tertiary/aromatic N) is 3. The van der Waals surface area contributed by atoms with Crippen molar-refractivity contribution in [3.8, 4) is 0 Å². The number of esters is 1. The van der Waals surface area contributed by atoms with Gasteiger partial charge in [0.2, 0.25) is 0 Å². The van der Waals surface area contributed by atoms with E-state index in [2.05, 4.69) is 30.1 Å². The van der Waals surface area contributed by atoms with Crippen molar-refractivity contribution in [1.82, 2.24) is 9.55 Å². The minimum Gasteiger partial charge on any atom is -0.464 e. The molecule has 1 atom stereocenters. The van der Waals surface area contributed by atoms with Crippen molar-refractivity contribution in [2.75, 3.05) is 14.2 Å². The van der Waals surface area contributed by atoms with Crippen molar-refractivity contribution in [2.24, 2.45) is 10.6 Å². The van der Waals surface area contributed by atoms with Crippen LogP contribution >= 0.6 is 0 Å².